The molecule has 1 fully saturated rings. The molecule has 0 atom stereocenters. The SMILES string of the molecule is COCCCNC(=O)CN1CCN(C(=O)CCNc2ccc(C(F)(F)F)cc2[N+](=O)[O-])CC1. The van der Waals surface area contributed by atoms with Gasteiger partial charge < -0.3 is 20.3 Å². The summed E-state index contributed by atoms with van der Waals surface area (Å²) in [5.41, 5.74) is -1.90. The third-order valence-corrected chi connectivity index (χ3v) is 5.12. The zero-order valence-electron chi connectivity index (χ0n) is 18.3. The predicted molar refractivity (Wildman–Crippen MR) is 114 cm³/mol. The lowest BCUT2D eigenvalue weighted by atomic mass is 10.1. The van der Waals surface area contributed by atoms with Gasteiger partial charge in [-0.25, -0.2) is 0 Å². The largest absolute Gasteiger partial charge is 0.416 e. The minimum Gasteiger partial charge on any atom is -0.385 e. The summed E-state index contributed by atoms with van der Waals surface area (Å²) in [6.45, 7) is 3.34. The first-order valence-electron chi connectivity index (χ1n) is 10.5. The van der Waals surface area contributed by atoms with Crippen molar-refractivity contribution in [2.75, 3.05) is 64.8 Å². The second kappa shape index (κ2) is 12.3. The van der Waals surface area contributed by atoms with E-state index in [1.807, 2.05) is 4.90 Å². The molecule has 2 amide bonds. The van der Waals surface area contributed by atoms with Gasteiger partial charge in [0.15, 0.2) is 0 Å². The van der Waals surface area contributed by atoms with Crippen molar-refractivity contribution in [3.8, 4) is 0 Å². The fraction of sp³-hybridized carbons (Fsp3) is 0.600. The van der Waals surface area contributed by atoms with Crippen LogP contribution < -0.4 is 10.6 Å². The van der Waals surface area contributed by atoms with Gasteiger partial charge in [0.05, 0.1) is 17.0 Å². The Bertz CT molecular complexity index is 829. The Balaban J connectivity index is 1.76. The number of benzene rings is 1. The summed E-state index contributed by atoms with van der Waals surface area (Å²) in [4.78, 5) is 38.1. The number of alkyl halides is 3. The molecule has 13 heteroatoms. The standard InChI is InChI=1S/C20H28F3N5O5/c1-33-12-2-6-25-18(29)14-26-8-10-27(11-9-26)19(30)5-7-24-16-4-3-15(20(21,22)23)13-17(16)28(31)32/h3-4,13,24H,2,5-12,14H2,1H3,(H,25,29). The molecule has 0 unspecified atom stereocenters. The Morgan fingerprint density at radius 2 is 1.88 bits per heavy atom. The number of carbonyl (C=O) groups is 2. The molecule has 2 N–H and O–H groups in total. The second-order valence-corrected chi connectivity index (χ2v) is 7.52. The Kier molecular flexibility index (Phi) is 9.85. The summed E-state index contributed by atoms with van der Waals surface area (Å²) in [5.74, 6) is -0.269. The van der Waals surface area contributed by atoms with Gasteiger partial charge in [-0.05, 0) is 18.6 Å². The lowest BCUT2D eigenvalue weighted by Gasteiger charge is -2.34. The molecule has 10 nitrogen and oxygen atoms in total. The van der Waals surface area contributed by atoms with Crippen molar-refractivity contribution in [3.63, 3.8) is 0 Å². The van der Waals surface area contributed by atoms with E-state index in [1.54, 1.807) is 12.0 Å². The summed E-state index contributed by atoms with van der Waals surface area (Å²) < 4.78 is 43.3. The van der Waals surface area contributed by atoms with Crippen molar-refractivity contribution < 1.29 is 32.4 Å². The number of nitro groups is 1. The van der Waals surface area contributed by atoms with E-state index in [1.165, 1.54) is 0 Å². The Hall–Kier alpha value is -2.93. The summed E-state index contributed by atoms with van der Waals surface area (Å²) >= 11 is 0. The van der Waals surface area contributed by atoms with Gasteiger partial charge in [-0.15, -0.1) is 0 Å². The van der Waals surface area contributed by atoms with Crippen LogP contribution in [-0.4, -0.2) is 86.1 Å². The van der Waals surface area contributed by atoms with Gasteiger partial charge >= 0.3 is 6.18 Å². The highest BCUT2D eigenvalue weighted by Gasteiger charge is 2.33. The lowest BCUT2D eigenvalue weighted by molar-refractivity contribution is -0.384. The summed E-state index contributed by atoms with van der Waals surface area (Å²) in [7, 11) is 1.59. The van der Waals surface area contributed by atoms with Gasteiger partial charge in [0.1, 0.15) is 5.69 Å². The van der Waals surface area contributed by atoms with E-state index in [2.05, 4.69) is 10.6 Å². The maximum atomic E-state index is 12.8. The fourth-order valence-corrected chi connectivity index (χ4v) is 3.33. The normalized spacial score (nSPS) is 14.7. The van der Waals surface area contributed by atoms with E-state index in [4.69, 9.17) is 4.74 Å². The van der Waals surface area contributed by atoms with Crippen LogP contribution in [0.15, 0.2) is 18.2 Å². The molecule has 1 aliphatic rings. The minimum absolute atomic E-state index is 0.0260. The molecule has 1 aliphatic heterocycles. The van der Waals surface area contributed by atoms with Gasteiger partial charge in [-0.2, -0.15) is 13.2 Å². The average molecular weight is 475 g/mol. The van der Waals surface area contributed by atoms with Crippen LogP contribution in [-0.2, 0) is 20.5 Å². The first kappa shape index (κ1) is 26.3. The number of halogens is 3. The van der Waals surface area contributed by atoms with Crippen molar-refractivity contribution in [3.05, 3.63) is 33.9 Å². The third-order valence-electron chi connectivity index (χ3n) is 5.12. The van der Waals surface area contributed by atoms with Crippen LogP contribution in [0.25, 0.3) is 0 Å². The molecule has 0 saturated carbocycles. The van der Waals surface area contributed by atoms with Crippen LogP contribution in [0.5, 0.6) is 0 Å². The number of piperazine rings is 1. The molecule has 0 aromatic heterocycles. The maximum absolute atomic E-state index is 12.8. The summed E-state index contributed by atoms with van der Waals surface area (Å²) in [6, 6.07) is 2.21. The maximum Gasteiger partial charge on any atom is 0.416 e. The number of ether oxygens (including phenoxy) is 1. The number of methoxy groups -OCH3 is 1. The molecular formula is C20H28F3N5O5. The molecular weight excluding hydrogens is 447 g/mol. The molecule has 184 valence electrons. The van der Waals surface area contributed by atoms with Gasteiger partial charge in [0.2, 0.25) is 11.8 Å². The highest BCUT2D eigenvalue weighted by Crippen LogP contribution is 2.34. The van der Waals surface area contributed by atoms with Crippen molar-refractivity contribution in [2.45, 2.75) is 19.0 Å². The lowest BCUT2D eigenvalue weighted by Crippen LogP contribution is -2.51. The second-order valence-electron chi connectivity index (χ2n) is 7.52. The van der Waals surface area contributed by atoms with Crippen LogP contribution in [0, 0.1) is 10.1 Å². The Morgan fingerprint density at radius 3 is 2.48 bits per heavy atom. The molecule has 0 radical (unpaired) electrons. The van der Waals surface area contributed by atoms with Gasteiger partial charge in [0.25, 0.3) is 5.69 Å². The summed E-state index contributed by atoms with van der Waals surface area (Å²) in [5, 5.41) is 16.6. The van der Waals surface area contributed by atoms with Crippen LogP contribution in [0.2, 0.25) is 0 Å². The van der Waals surface area contributed by atoms with Crippen LogP contribution in [0.1, 0.15) is 18.4 Å². The molecule has 1 aromatic rings. The molecule has 1 aromatic carbocycles. The predicted octanol–water partition coefficient (Wildman–Crippen LogP) is 1.71. The first-order chi connectivity index (χ1) is 15.6. The minimum atomic E-state index is -4.69. The van der Waals surface area contributed by atoms with E-state index in [0.29, 0.717) is 45.4 Å². The molecule has 2 rings (SSSR count). The number of carbonyl (C=O) groups excluding carboxylic acids is 2. The molecule has 0 spiro atoms. The zero-order valence-corrected chi connectivity index (χ0v) is 18.3. The van der Waals surface area contributed by atoms with Gasteiger partial charge in [-0.1, -0.05) is 0 Å². The van der Waals surface area contributed by atoms with Crippen LogP contribution >= 0.6 is 0 Å². The highest BCUT2D eigenvalue weighted by atomic mass is 19.4. The number of nitrogens with zero attached hydrogens (tertiary/aromatic N) is 3. The number of hydrogen-bond donors (Lipinski definition) is 2. The highest BCUT2D eigenvalue weighted by molar-refractivity contribution is 5.78. The van der Waals surface area contributed by atoms with E-state index in [0.717, 1.165) is 18.6 Å². The number of amides is 2. The smallest absolute Gasteiger partial charge is 0.385 e. The van der Waals surface area contributed by atoms with Crippen LogP contribution in [0.4, 0.5) is 24.5 Å². The molecule has 0 bridgehead atoms. The van der Waals surface area contributed by atoms with Crippen molar-refractivity contribution in [2.24, 2.45) is 0 Å². The van der Waals surface area contributed by atoms with Gasteiger partial charge in [-0.3, -0.25) is 24.6 Å². The molecule has 0 aliphatic carbocycles. The topological polar surface area (TPSA) is 117 Å². The molecule has 33 heavy (non-hydrogen) atoms. The average Bonchev–Trinajstić information content (AvgIpc) is 2.76. The monoisotopic (exact) mass is 475 g/mol. The Labute approximate surface area is 189 Å². The van der Waals surface area contributed by atoms with E-state index in [-0.39, 0.29) is 37.0 Å². The van der Waals surface area contributed by atoms with E-state index in [9.17, 15) is 32.9 Å². The summed E-state index contributed by atoms with van der Waals surface area (Å²) in [6.07, 6.45) is -3.93. The number of nitro benzene ring substituents is 1. The number of nitrogens with one attached hydrogen (secondary N) is 2. The van der Waals surface area contributed by atoms with E-state index < -0.39 is 22.4 Å². The van der Waals surface area contributed by atoms with Crippen molar-refractivity contribution in [1.29, 1.82) is 0 Å². The number of hydrogen-bond acceptors (Lipinski definition) is 7. The quantitative estimate of drug-likeness (QED) is 0.284. The van der Waals surface area contributed by atoms with Gasteiger partial charge in [0, 0.05) is 65.5 Å². The van der Waals surface area contributed by atoms with Crippen LogP contribution in [0.3, 0.4) is 0 Å². The Morgan fingerprint density at radius 1 is 1.18 bits per heavy atom. The van der Waals surface area contributed by atoms with E-state index >= 15 is 0 Å². The zero-order chi connectivity index (χ0) is 24.4. The fourth-order valence-electron chi connectivity index (χ4n) is 3.33. The third kappa shape index (κ3) is 8.50. The molecule has 1 heterocycles. The van der Waals surface area contributed by atoms with Crippen molar-refractivity contribution in [1.82, 2.24) is 15.1 Å². The van der Waals surface area contributed by atoms with Crippen molar-refractivity contribution >= 4 is 23.2 Å². The first-order valence-corrected chi connectivity index (χ1v) is 10.5. The molecule has 1 saturated heterocycles. The number of anilines is 1. The number of rotatable bonds is 11.